The molecular formula is C18H22FNO3. The molecule has 5 heteroatoms. The second-order valence-electron chi connectivity index (χ2n) is 5.48. The van der Waals surface area contributed by atoms with Crippen LogP contribution in [0.4, 0.5) is 4.39 Å². The highest BCUT2D eigenvalue weighted by atomic mass is 19.1. The number of nitrogens with zero attached hydrogens (tertiary/aromatic N) is 1. The average Bonchev–Trinajstić information content (AvgIpc) is 2.56. The third-order valence-electron chi connectivity index (χ3n) is 3.90. The van der Waals surface area contributed by atoms with Gasteiger partial charge in [-0.05, 0) is 42.4 Å². The molecular weight excluding hydrogens is 297 g/mol. The van der Waals surface area contributed by atoms with Crippen molar-refractivity contribution in [2.24, 2.45) is 0 Å². The van der Waals surface area contributed by atoms with Gasteiger partial charge in [0.2, 0.25) is 0 Å². The van der Waals surface area contributed by atoms with Crippen LogP contribution in [0, 0.1) is 5.82 Å². The van der Waals surface area contributed by atoms with Crippen LogP contribution in [0.5, 0.6) is 5.75 Å². The summed E-state index contributed by atoms with van der Waals surface area (Å²) in [5.41, 5.74) is 1.44. The normalized spacial score (nSPS) is 13.8. The van der Waals surface area contributed by atoms with E-state index in [1.54, 1.807) is 19.2 Å². The van der Waals surface area contributed by atoms with Gasteiger partial charge in [-0.3, -0.25) is 4.90 Å². The van der Waals surface area contributed by atoms with Crippen LogP contribution < -0.4 is 4.74 Å². The predicted octanol–water partition coefficient (Wildman–Crippen LogP) is 2.53. The van der Waals surface area contributed by atoms with Gasteiger partial charge in [-0.2, -0.15) is 0 Å². The molecule has 0 aromatic heterocycles. The first kappa shape index (κ1) is 17.4. The Morgan fingerprint density at radius 2 is 1.83 bits per heavy atom. The molecule has 0 spiro atoms. The van der Waals surface area contributed by atoms with Crippen molar-refractivity contribution in [1.82, 2.24) is 4.90 Å². The number of hydrogen-bond acceptors (Lipinski definition) is 4. The van der Waals surface area contributed by atoms with Crippen LogP contribution >= 0.6 is 0 Å². The molecule has 0 aliphatic carbocycles. The number of rotatable bonds is 7. The molecule has 0 bridgehead atoms. The van der Waals surface area contributed by atoms with Gasteiger partial charge in [0, 0.05) is 6.54 Å². The van der Waals surface area contributed by atoms with E-state index < -0.39 is 6.10 Å². The lowest BCUT2D eigenvalue weighted by Crippen LogP contribution is -2.31. The Hall–Kier alpha value is -1.95. The van der Waals surface area contributed by atoms with Gasteiger partial charge in [-0.25, -0.2) is 4.39 Å². The SMILES string of the molecule is COc1ccc(C(CO)N(C)CC(O)c2cccc(F)c2)cc1. The molecule has 0 saturated carbocycles. The minimum Gasteiger partial charge on any atom is -0.497 e. The molecule has 0 saturated heterocycles. The van der Waals surface area contributed by atoms with E-state index in [2.05, 4.69) is 0 Å². The van der Waals surface area contributed by atoms with Crippen LogP contribution in [0.15, 0.2) is 48.5 Å². The topological polar surface area (TPSA) is 52.9 Å². The number of halogens is 1. The summed E-state index contributed by atoms with van der Waals surface area (Å²) in [6.07, 6.45) is -0.831. The fourth-order valence-electron chi connectivity index (χ4n) is 2.54. The molecule has 0 aliphatic heterocycles. The minimum atomic E-state index is -0.831. The largest absolute Gasteiger partial charge is 0.497 e. The number of benzene rings is 2. The Kier molecular flexibility index (Phi) is 6.10. The van der Waals surface area contributed by atoms with Gasteiger partial charge in [0.1, 0.15) is 11.6 Å². The predicted molar refractivity (Wildman–Crippen MR) is 86.8 cm³/mol. The zero-order chi connectivity index (χ0) is 16.8. The molecule has 0 amide bonds. The zero-order valence-electron chi connectivity index (χ0n) is 13.3. The fourth-order valence-corrected chi connectivity index (χ4v) is 2.54. The Morgan fingerprint density at radius 3 is 2.39 bits per heavy atom. The first-order valence-electron chi connectivity index (χ1n) is 7.43. The summed E-state index contributed by atoms with van der Waals surface area (Å²) in [6.45, 7) is 0.194. The molecule has 124 valence electrons. The summed E-state index contributed by atoms with van der Waals surface area (Å²) in [6, 6.07) is 13.1. The third kappa shape index (κ3) is 4.51. The van der Waals surface area contributed by atoms with Crippen LogP contribution in [0.1, 0.15) is 23.3 Å². The molecule has 0 radical (unpaired) electrons. The van der Waals surface area contributed by atoms with Crippen LogP contribution in [-0.2, 0) is 0 Å². The number of ether oxygens (including phenoxy) is 1. The van der Waals surface area contributed by atoms with Crippen LogP contribution in [0.25, 0.3) is 0 Å². The highest BCUT2D eigenvalue weighted by molar-refractivity contribution is 5.29. The van der Waals surface area contributed by atoms with Gasteiger partial charge < -0.3 is 14.9 Å². The number of aliphatic hydroxyl groups excluding tert-OH is 2. The van der Waals surface area contributed by atoms with E-state index in [-0.39, 0.29) is 25.0 Å². The Labute approximate surface area is 135 Å². The first-order chi connectivity index (χ1) is 11.0. The van der Waals surface area contributed by atoms with E-state index in [1.807, 2.05) is 36.2 Å². The first-order valence-corrected chi connectivity index (χ1v) is 7.43. The molecule has 2 unspecified atom stereocenters. The van der Waals surface area contributed by atoms with Gasteiger partial charge in [0.05, 0.1) is 25.9 Å². The van der Waals surface area contributed by atoms with Crippen molar-refractivity contribution >= 4 is 0 Å². The molecule has 2 N–H and O–H groups in total. The molecule has 23 heavy (non-hydrogen) atoms. The highest BCUT2D eigenvalue weighted by Gasteiger charge is 2.20. The smallest absolute Gasteiger partial charge is 0.123 e. The summed E-state index contributed by atoms with van der Waals surface area (Å²) in [5, 5.41) is 20.0. The molecule has 0 heterocycles. The van der Waals surface area contributed by atoms with Crippen molar-refractivity contribution in [3.63, 3.8) is 0 Å². The van der Waals surface area contributed by atoms with E-state index in [1.165, 1.54) is 12.1 Å². The van der Waals surface area contributed by atoms with Crippen molar-refractivity contribution in [1.29, 1.82) is 0 Å². The maximum Gasteiger partial charge on any atom is 0.123 e. The van der Waals surface area contributed by atoms with E-state index in [0.717, 1.165) is 11.3 Å². The quantitative estimate of drug-likeness (QED) is 0.823. The lowest BCUT2D eigenvalue weighted by molar-refractivity contribution is 0.0794. The summed E-state index contributed by atoms with van der Waals surface area (Å²) < 4.78 is 18.4. The molecule has 2 aromatic rings. The molecule has 0 aliphatic rings. The Morgan fingerprint density at radius 1 is 1.13 bits per heavy atom. The van der Waals surface area contributed by atoms with E-state index in [0.29, 0.717) is 5.56 Å². The second kappa shape index (κ2) is 8.06. The highest BCUT2D eigenvalue weighted by Crippen LogP contribution is 2.24. The molecule has 2 atom stereocenters. The van der Waals surface area contributed by atoms with Crippen molar-refractivity contribution in [2.75, 3.05) is 27.3 Å². The fraction of sp³-hybridized carbons (Fsp3) is 0.333. The third-order valence-corrected chi connectivity index (χ3v) is 3.90. The summed E-state index contributed by atoms with van der Waals surface area (Å²) in [4.78, 5) is 1.84. The maximum absolute atomic E-state index is 13.2. The standard InChI is InChI=1S/C18H22FNO3/c1-20(11-18(22)14-4-3-5-15(19)10-14)17(12-21)13-6-8-16(23-2)9-7-13/h3-10,17-18,21-22H,11-12H2,1-2H3. The van der Waals surface area contributed by atoms with Gasteiger partial charge in [-0.15, -0.1) is 0 Å². The molecule has 0 fully saturated rings. The van der Waals surface area contributed by atoms with Crippen molar-refractivity contribution < 1.29 is 19.3 Å². The Bertz CT molecular complexity index is 618. The number of likely N-dealkylation sites (N-methyl/N-ethyl adjacent to an activating group) is 1. The Balaban J connectivity index is 2.08. The monoisotopic (exact) mass is 319 g/mol. The summed E-state index contributed by atoms with van der Waals surface area (Å²) in [5.74, 6) is 0.367. The van der Waals surface area contributed by atoms with Gasteiger partial charge in [-0.1, -0.05) is 24.3 Å². The molecule has 4 nitrogen and oxygen atoms in total. The maximum atomic E-state index is 13.2. The van der Waals surface area contributed by atoms with Crippen LogP contribution in [-0.4, -0.2) is 42.4 Å². The number of aliphatic hydroxyl groups is 2. The zero-order valence-corrected chi connectivity index (χ0v) is 13.3. The summed E-state index contributed by atoms with van der Waals surface area (Å²) in [7, 11) is 3.41. The van der Waals surface area contributed by atoms with Crippen LogP contribution in [0.2, 0.25) is 0 Å². The lowest BCUT2D eigenvalue weighted by Gasteiger charge is -2.29. The van der Waals surface area contributed by atoms with Gasteiger partial charge in [0.15, 0.2) is 0 Å². The minimum absolute atomic E-state index is 0.0846. The van der Waals surface area contributed by atoms with E-state index in [9.17, 15) is 14.6 Å². The van der Waals surface area contributed by atoms with Gasteiger partial charge >= 0.3 is 0 Å². The number of hydrogen-bond donors (Lipinski definition) is 2. The summed E-state index contributed by atoms with van der Waals surface area (Å²) >= 11 is 0. The van der Waals surface area contributed by atoms with E-state index >= 15 is 0 Å². The molecule has 2 rings (SSSR count). The lowest BCUT2D eigenvalue weighted by atomic mass is 10.0. The second-order valence-corrected chi connectivity index (χ2v) is 5.48. The van der Waals surface area contributed by atoms with Crippen LogP contribution in [0.3, 0.4) is 0 Å². The van der Waals surface area contributed by atoms with Crippen molar-refractivity contribution in [3.8, 4) is 5.75 Å². The van der Waals surface area contributed by atoms with Gasteiger partial charge in [0.25, 0.3) is 0 Å². The van der Waals surface area contributed by atoms with E-state index in [4.69, 9.17) is 4.74 Å². The van der Waals surface area contributed by atoms with Crippen molar-refractivity contribution in [2.45, 2.75) is 12.1 Å². The average molecular weight is 319 g/mol. The van der Waals surface area contributed by atoms with Crippen molar-refractivity contribution in [3.05, 3.63) is 65.5 Å². The number of methoxy groups -OCH3 is 1. The molecule has 2 aromatic carbocycles.